The summed E-state index contributed by atoms with van der Waals surface area (Å²) in [5.41, 5.74) is 9.43. The fraction of sp³-hybridized carbons (Fsp3) is 0.190. The summed E-state index contributed by atoms with van der Waals surface area (Å²) in [5.74, 6) is 7.05. The van der Waals surface area contributed by atoms with E-state index in [9.17, 15) is 4.57 Å². The average molecular weight is 421 g/mol. The minimum atomic E-state index is -2.31. The molecule has 4 rings (SSSR count). The second-order valence-electron chi connectivity index (χ2n) is 7.60. The summed E-state index contributed by atoms with van der Waals surface area (Å²) in [4.78, 5) is 13.2. The first kappa shape index (κ1) is 20.1. The normalized spacial score (nSPS) is 12.8. The highest BCUT2D eigenvalue weighted by atomic mass is 31.2. The number of aromatic nitrogens is 4. The smallest absolute Gasteiger partial charge is 0.186 e. The Morgan fingerprint density at radius 2 is 1.83 bits per heavy atom. The summed E-state index contributed by atoms with van der Waals surface area (Å²) >= 11 is 0. The van der Waals surface area contributed by atoms with E-state index in [1.807, 2.05) is 60.1 Å². The molecule has 30 heavy (non-hydrogen) atoms. The van der Waals surface area contributed by atoms with Gasteiger partial charge in [0.15, 0.2) is 11.6 Å². The lowest BCUT2D eigenvalue weighted by atomic mass is 10.1. The van der Waals surface area contributed by atoms with Crippen molar-refractivity contribution in [3.05, 3.63) is 66.7 Å². The third kappa shape index (κ3) is 3.79. The predicted molar refractivity (Wildman–Crippen MR) is 121 cm³/mol. The first-order valence-corrected chi connectivity index (χ1v) is 12.1. The number of hydrazine groups is 1. The molecule has 0 saturated heterocycles. The molecule has 0 saturated carbocycles. The maximum absolute atomic E-state index is 12.3. The molecule has 1 unspecified atom stereocenters. The largest absolute Gasteiger partial charge is 0.381 e. The number of rotatable bonds is 5. The third-order valence-electron chi connectivity index (χ3n) is 5.12. The van der Waals surface area contributed by atoms with Crippen LogP contribution in [0, 0.1) is 0 Å². The van der Waals surface area contributed by atoms with E-state index in [0.29, 0.717) is 11.5 Å². The van der Waals surface area contributed by atoms with Crippen LogP contribution in [0.15, 0.2) is 61.2 Å². The number of benzene rings is 1. The number of nitrogen functional groups attached to an aromatic ring is 1. The topological polar surface area (TPSA) is 115 Å². The van der Waals surface area contributed by atoms with Crippen molar-refractivity contribution in [3.8, 4) is 11.3 Å². The van der Waals surface area contributed by atoms with Gasteiger partial charge in [-0.1, -0.05) is 30.3 Å². The fourth-order valence-corrected chi connectivity index (χ4v) is 4.10. The van der Waals surface area contributed by atoms with Crippen LogP contribution in [0.2, 0.25) is 0 Å². The number of anilines is 2. The molecule has 3 heterocycles. The Kier molecular flexibility index (Phi) is 5.05. The predicted octanol–water partition coefficient (Wildman–Crippen LogP) is 3.06. The third-order valence-corrected chi connectivity index (χ3v) is 6.66. The molecular formula is C21H24N7OP. The Labute approximate surface area is 174 Å². The molecule has 3 aromatic heterocycles. The van der Waals surface area contributed by atoms with Crippen molar-refractivity contribution >= 4 is 29.7 Å². The van der Waals surface area contributed by atoms with E-state index < -0.39 is 7.14 Å². The molecule has 0 radical (unpaired) electrons. The Balaban J connectivity index is 1.66. The van der Waals surface area contributed by atoms with Crippen molar-refractivity contribution in [2.45, 2.75) is 13.0 Å². The summed E-state index contributed by atoms with van der Waals surface area (Å²) in [6, 6.07) is 11.2. The lowest BCUT2D eigenvalue weighted by Gasteiger charge is -2.26. The van der Waals surface area contributed by atoms with Gasteiger partial charge in [-0.25, -0.2) is 20.8 Å². The van der Waals surface area contributed by atoms with Crippen LogP contribution >= 0.6 is 7.14 Å². The van der Waals surface area contributed by atoms with Gasteiger partial charge in [0.05, 0.1) is 17.9 Å². The minimum Gasteiger partial charge on any atom is -0.381 e. The van der Waals surface area contributed by atoms with Gasteiger partial charge in [0, 0.05) is 29.5 Å². The van der Waals surface area contributed by atoms with Crippen LogP contribution in [-0.4, -0.2) is 32.7 Å². The van der Waals surface area contributed by atoms with Crippen molar-refractivity contribution in [1.29, 1.82) is 0 Å². The molecule has 0 bridgehead atoms. The maximum atomic E-state index is 12.3. The molecule has 1 atom stereocenters. The van der Waals surface area contributed by atoms with E-state index in [-0.39, 0.29) is 11.9 Å². The second kappa shape index (κ2) is 7.55. The number of fused-ring (bicyclic) bond motifs is 1. The molecule has 154 valence electrons. The Hall–Kier alpha value is -3.22. The summed E-state index contributed by atoms with van der Waals surface area (Å²) in [7, 11) is -2.31. The summed E-state index contributed by atoms with van der Waals surface area (Å²) < 4.78 is 14.2. The highest BCUT2D eigenvalue weighted by Gasteiger charge is 2.19. The van der Waals surface area contributed by atoms with E-state index in [2.05, 4.69) is 15.0 Å². The number of nitrogens with two attached hydrogens (primary N) is 2. The van der Waals surface area contributed by atoms with Crippen molar-refractivity contribution in [2.75, 3.05) is 24.1 Å². The molecule has 0 amide bonds. The zero-order chi connectivity index (χ0) is 21.5. The molecule has 0 aliphatic carbocycles. The second-order valence-corrected chi connectivity index (χ2v) is 10.8. The zero-order valence-corrected chi connectivity index (χ0v) is 18.0. The molecule has 0 aliphatic rings. The standard InChI is InChI=1S/C21H24N7OP/c1-14(16-6-9-19-24-10-11-27(19)13-16)28(23)21-20(22)25-12-18(26-21)15-4-7-17(8-5-15)30(2,3)29/h4-14H,23H2,1-3H3,(H2,22,25). The first-order valence-electron chi connectivity index (χ1n) is 9.49. The number of imidazole rings is 1. The van der Waals surface area contributed by atoms with E-state index in [0.717, 1.165) is 22.1 Å². The van der Waals surface area contributed by atoms with E-state index in [4.69, 9.17) is 11.6 Å². The summed E-state index contributed by atoms with van der Waals surface area (Å²) in [6.45, 7) is 5.47. The molecule has 9 heteroatoms. The molecule has 0 aliphatic heterocycles. The van der Waals surface area contributed by atoms with Gasteiger partial charge < -0.3 is 14.7 Å². The number of hydrogen-bond donors (Lipinski definition) is 2. The maximum Gasteiger partial charge on any atom is 0.186 e. The van der Waals surface area contributed by atoms with Crippen LogP contribution in [0.3, 0.4) is 0 Å². The van der Waals surface area contributed by atoms with E-state index >= 15 is 0 Å². The van der Waals surface area contributed by atoms with Crippen LogP contribution in [0.4, 0.5) is 11.6 Å². The van der Waals surface area contributed by atoms with Gasteiger partial charge in [0.2, 0.25) is 0 Å². The van der Waals surface area contributed by atoms with Crippen LogP contribution in [0.1, 0.15) is 18.5 Å². The molecular weight excluding hydrogens is 397 g/mol. The Morgan fingerprint density at radius 1 is 1.10 bits per heavy atom. The van der Waals surface area contributed by atoms with Gasteiger partial charge in [-0.15, -0.1) is 0 Å². The van der Waals surface area contributed by atoms with E-state index in [1.165, 1.54) is 5.01 Å². The van der Waals surface area contributed by atoms with Crippen molar-refractivity contribution in [2.24, 2.45) is 5.84 Å². The summed E-state index contributed by atoms with van der Waals surface area (Å²) in [6.07, 6.45) is 7.22. The monoisotopic (exact) mass is 421 g/mol. The molecule has 4 N–H and O–H groups in total. The first-order chi connectivity index (χ1) is 14.2. The van der Waals surface area contributed by atoms with Gasteiger partial charge >= 0.3 is 0 Å². The Morgan fingerprint density at radius 3 is 2.53 bits per heavy atom. The van der Waals surface area contributed by atoms with Gasteiger partial charge in [0.1, 0.15) is 12.8 Å². The van der Waals surface area contributed by atoms with Crippen LogP contribution in [0.5, 0.6) is 0 Å². The van der Waals surface area contributed by atoms with Crippen LogP contribution < -0.4 is 21.9 Å². The van der Waals surface area contributed by atoms with E-state index in [1.54, 1.807) is 25.7 Å². The highest BCUT2D eigenvalue weighted by molar-refractivity contribution is 7.70. The van der Waals surface area contributed by atoms with Gasteiger partial charge in [0.25, 0.3) is 0 Å². The molecule has 8 nitrogen and oxygen atoms in total. The molecule has 0 spiro atoms. The average Bonchev–Trinajstić information content (AvgIpc) is 3.20. The lowest BCUT2D eigenvalue weighted by molar-refractivity contribution is 0.588. The SMILES string of the molecule is CC(c1ccc2nccn2c1)N(N)c1nc(-c2ccc(P(C)(C)=O)cc2)cnc1N. The molecule has 1 aromatic carbocycles. The van der Waals surface area contributed by atoms with Crippen LogP contribution in [0.25, 0.3) is 16.9 Å². The van der Waals surface area contributed by atoms with Gasteiger partial charge in [-0.3, -0.25) is 5.01 Å². The number of hydrogen-bond acceptors (Lipinski definition) is 7. The van der Waals surface area contributed by atoms with Gasteiger partial charge in [-0.2, -0.15) is 0 Å². The zero-order valence-electron chi connectivity index (χ0n) is 17.1. The van der Waals surface area contributed by atoms with Crippen molar-refractivity contribution in [1.82, 2.24) is 19.4 Å². The van der Waals surface area contributed by atoms with Crippen molar-refractivity contribution in [3.63, 3.8) is 0 Å². The quantitative estimate of drug-likeness (QED) is 0.289. The highest BCUT2D eigenvalue weighted by Crippen LogP contribution is 2.35. The lowest BCUT2D eigenvalue weighted by Crippen LogP contribution is -2.35. The van der Waals surface area contributed by atoms with Gasteiger partial charge in [-0.05, 0) is 31.9 Å². The number of nitrogens with zero attached hydrogens (tertiary/aromatic N) is 5. The summed E-state index contributed by atoms with van der Waals surface area (Å²) in [5, 5.41) is 2.34. The number of pyridine rings is 1. The van der Waals surface area contributed by atoms with Crippen LogP contribution in [-0.2, 0) is 4.57 Å². The minimum absolute atomic E-state index is 0.197. The Bertz CT molecular complexity index is 1250. The molecule has 0 fully saturated rings. The molecule has 4 aromatic rings. The van der Waals surface area contributed by atoms with Crippen molar-refractivity contribution < 1.29 is 4.57 Å². The fourth-order valence-electron chi connectivity index (χ4n) is 3.24.